The summed E-state index contributed by atoms with van der Waals surface area (Å²) >= 11 is 1.46. The normalized spacial score (nSPS) is 15.7. The number of aromatic nitrogens is 2. The van der Waals surface area contributed by atoms with Crippen LogP contribution in [0.25, 0.3) is 0 Å². The van der Waals surface area contributed by atoms with Crippen LogP contribution in [0.5, 0.6) is 0 Å². The number of fused-ring (bicyclic) bond motifs is 1. The second-order valence-electron chi connectivity index (χ2n) is 7.51. The molecule has 6 heteroatoms. The Morgan fingerprint density at radius 1 is 1.07 bits per heavy atom. The van der Waals surface area contributed by atoms with Crippen LogP contribution in [0, 0.1) is 20.8 Å². The number of amides is 1. The zero-order valence-corrected chi connectivity index (χ0v) is 17.5. The lowest BCUT2D eigenvalue weighted by molar-refractivity contribution is -0.116. The highest BCUT2D eigenvalue weighted by Crippen LogP contribution is 2.36. The van der Waals surface area contributed by atoms with E-state index in [1.165, 1.54) is 22.9 Å². The lowest BCUT2D eigenvalue weighted by Crippen LogP contribution is -2.31. The number of hydrogen-bond acceptors (Lipinski definition) is 4. The van der Waals surface area contributed by atoms with Crippen LogP contribution in [-0.2, 0) is 10.5 Å². The van der Waals surface area contributed by atoms with Gasteiger partial charge < -0.3 is 10.3 Å². The van der Waals surface area contributed by atoms with Crippen molar-refractivity contribution in [3.63, 3.8) is 0 Å². The monoisotopic (exact) mass is 405 g/mol. The summed E-state index contributed by atoms with van der Waals surface area (Å²) in [5.74, 6) is 0.674. The number of nitrogens with one attached hydrogen (secondary N) is 2. The SMILES string of the molecule is Cc1ccc(C)c([C@H]2CC(=O)Nc3nc(SCc4ccccc4C)[nH]c(=O)c32)c1. The number of hydrogen-bond donors (Lipinski definition) is 2. The van der Waals surface area contributed by atoms with Gasteiger partial charge >= 0.3 is 0 Å². The van der Waals surface area contributed by atoms with E-state index in [-0.39, 0.29) is 23.8 Å². The number of thioether (sulfide) groups is 1. The summed E-state index contributed by atoms with van der Waals surface area (Å²) in [5.41, 5.74) is 5.92. The van der Waals surface area contributed by atoms with Crippen molar-refractivity contribution < 1.29 is 4.79 Å². The van der Waals surface area contributed by atoms with E-state index in [0.29, 0.717) is 22.3 Å². The van der Waals surface area contributed by atoms with E-state index in [1.54, 1.807) is 0 Å². The molecular formula is C23H23N3O2S. The van der Waals surface area contributed by atoms with E-state index >= 15 is 0 Å². The third-order valence-electron chi connectivity index (χ3n) is 5.37. The molecule has 0 spiro atoms. The third-order valence-corrected chi connectivity index (χ3v) is 6.29. The van der Waals surface area contributed by atoms with Gasteiger partial charge in [-0.05, 0) is 43.0 Å². The zero-order valence-electron chi connectivity index (χ0n) is 16.7. The molecule has 0 bridgehead atoms. The lowest BCUT2D eigenvalue weighted by atomic mass is 9.84. The molecule has 1 atom stereocenters. The van der Waals surface area contributed by atoms with Gasteiger partial charge in [0.2, 0.25) is 5.91 Å². The molecule has 0 radical (unpaired) electrons. The fourth-order valence-corrected chi connectivity index (χ4v) is 4.67. The Balaban J connectivity index is 1.70. The number of nitrogens with zero attached hydrogens (tertiary/aromatic N) is 1. The van der Waals surface area contributed by atoms with Gasteiger partial charge in [0.1, 0.15) is 5.82 Å². The van der Waals surface area contributed by atoms with Gasteiger partial charge in [0, 0.05) is 18.1 Å². The molecular weight excluding hydrogens is 382 g/mol. The molecule has 1 amide bonds. The first-order valence-corrected chi connectivity index (χ1v) is 10.6. The number of rotatable bonds is 4. The molecule has 0 unspecified atom stereocenters. The maximum absolute atomic E-state index is 13.0. The van der Waals surface area contributed by atoms with Crippen LogP contribution in [0.1, 0.15) is 45.7 Å². The van der Waals surface area contributed by atoms with Crippen LogP contribution >= 0.6 is 11.8 Å². The molecule has 3 aromatic rings. The Labute approximate surface area is 174 Å². The summed E-state index contributed by atoms with van der Waals surface area (Å²) < 4.78 is 0. The summed E-state index contributed by atoms with van der Waals surface area (Å²) in [7, 11) is 0. The smallest absolute Gasteiger partial charge is 0.257 e. The van der Waals surface area contributed by atoms with Crippen LogP contribution in [0.15, 0.2) is 52.4 Å². The van der Waals surface area contributed by atoms with Crippen LogP contribution in [-0.4, -0.2) is 15.9 Å². The average molecular weight is 406 g/mol. The Kier molecular flexibility index (Phi) is 5.28. The first-order valence-electron chi connectivity index (χ1n) is 9.61. The Morgan fingerprint density at radius 2 is 1.86 bits per heavy atom. The van der Waals surface area contributed by atoms with Gasteiger partial charge in [0.05, 0.1) is 5.56 Å². The molecule has 148 valence electrons. The highest BCUT2D eigenvalue weighted by atomic mass is 32.2. The zero-order chi connectivity index (χ0) is 20.5. The minimum atomic E-state index is -0.287. The van der Waals surface area contributed by atoms with Gasteiger partial charge in [0.15, 0.2) is 5.16 Å². The van der Waals surface area contributed by atoms with Crippen molar-refractivity contribution >= 4 is 23.5 Å². The van der Waals surface area contributed by atoms with Gasteiger partial charge in [0.25, 0.3) is 5.56 Å². The Hall–Kier alpha value is -2.86. The van der Waals surface area contributed by atoms with Crippen molar-refractivity contribution in [2.75, 3.05) is 5.32 Å². The molecule has 0 saturated carbocycles. The molecule has 29 heavy (non-hydrogen) atoms. The van der Waals surface area contributed by atoms with Gasteiger partial charge in [-0.25, -0.2) is 4.98 Å². The first-order chi connectivity index (χ1) is 13.9. The Morgan fingerprint density at radius 3 is 2.66 bits per heavy atom. The van der Waals surface area contributed by atoms with Crippen molar-refractivity contribution in [1.29, 1.82) is 0 Å². The quantitative estimate of drug-likeness (QED) is 0.496. The van der Waals surface area contributed by atoms with Crippen molar-refractivity contribution in [1.82, 2.24) is 9.97 Å². The van der Waals surface area contributed by atoms with E-state index in [9.17, 15) is 9.59 Å². The van der Waals surface area contributed by atoms with Crippen molar-refractivity contribution in [2.24, 2.45) is 0 Å². The van der Waals surface area contributed by atoms with Crippen LogP contribution < -0.4 is 10.9 Å². The van der Waals surface area contributed by atoms with Gasteiger partial charge in [-0.3, -0.25) is 9.59 Å². The van der Waals surface area contributed by atoms with Crippen LogP contribution in [0.3, 0.4) is 0 Å². The fourth-order valence-electron chi connectivity index (χ4n) is 3.74. The van der Waals surface area contributed by atoms with Gasteiger partial charge in [-0.15, -0.1) is 0 Å². The maximum atomic E-state index is 13.0. The molecule has 4 rings (SSSR count). The standard InChI is InChI=1S/C23H23N3O2S/c1-13-8-9-15(3)17(10-13)18-11-19(27)24-21-20(18)22(28)26-23(25-21)29-12-16-7-5-4-6-14(16)2/h4-10,18H,11-12H2,1-3H3,(H2,24,25,26,27,28)/t18-/m1/s1. The van der Waals surface area contributed by atoms with E-state index in [1.807, 2.05) is 38.1 Å². The van der Waals surface area contributed by atoms with Crippen molar-refractivity contribution in [3.8, 4) is 0 Å². The van der Waals surface area contributed by atoms with E-state index in [0.717, 1.165) is 16.7 Å². The number of aryl methyl sites for hydroxylation is 3. The molecule has 5 nitrogen and oxygen atoms in total. The van der Waals surface area contributed by atoms with Crippen molar-refractivity contribution in [2.45, 2.75) is 44.0 Å². The molecule has 1 aliphatic heterocycles. The van der Waals surface area contributed by atoms with Gasteiger partial charge in [-0.2, -0.15) is 0 Å². The number of aromatic amines is 1. The largest absolute Gasteiger partial charge is 0.310 e. The van der Waals surface area contributed by atoms with E-state index in [2.05, 4.69) is 40.4 Å². The minimum absolute atomic E-state index is 0.114. The summed E-state index contributed by atoms with van der Waals surface area (Å²) in [6, 6.07) is 14.3. The molecule has 1 aliphatic rings. The molecule has 2 heterocycles. The average Bonchev–Trinajstić information content (AvgIpc) is 2.68. The molecule has 2 aromatic carbocycles. The molecule has 2 N–H and O–H groups in total. The number of benzene rings is 2. The second-order valence-corrected chi connectivity index (χ2v) is 8.48. The predicted octanol–water partition coefficient (Wildman–Crippen LogP) is 4.46. The number of carbonyl (C=O) groups is 1. The second kappa shape index (κ2) is 7.87. The van der Waals surface area contributed by atoms with Crippen LogP contribution in [0.2, 0.25) is 0 Å². The van der Waals surface area contributed by atoms with Gasteiger partial charge in [-0.1, -0.05) is 59.8 Å². The topological polar surface area (TPSA) is 74.8 Å². The first kappa shape index (κ1) is 19.5. The molecule has 0 fully saturated rings. The minimum Gasteiger partial charge on any atom is -0.310 e. The number of carbonyl (C=O) groups excluding carboxylic acids is 1. The summed E-state index contributed by atoms with van der Waals surface area (Å²) in [5, 5.41) is 3.31. The summed E-state index contributed by atoms with van der Waals surface area (Å²) in [4.78, 5) is 32.9. The van der Waals surface area contributed by atoms with Crippen molar-refractivity contribution in [3.05, 3.63) is 86.2 Å². The lowest BCUT2D eigenvalue weighted by Gasteiger charge is -2.26. The summed E-state index contributed by atoms with van der Waals surface area (Å²) in [6.45, 7) is 6.09. The molecule has 0 saturated heterocycles. The fraction of sp³-hybridized carbons (Fsp3) is 0.261. The Bertz CT molecular complexity index is 1150. The highest BCUT2D eigenvalue weighted by Gasteiger charge is 2.31. The number of anilines is 1. The van der Waals surface area contributed by atoms with Crippen LogP contribution in [0.4, 0.5) is 5.82 Å². The number of H-pyrrole nitrogens is 1. The van der Waals surface area contributed by atoms with E-state index in [4.69, 9.17) is 0 Å². The predicted molar refractivity (Wildman–Crippen MR) is 117 cm³/mol. The molecule has 0 aliphatic carbocycles. The highest BCUT2D eigenvalue weighted by molar-refractivity contribution is 7.98. The van der Waals surface area contributed by atoms with E-state index < -0.39 is 0 Å². The molecule has 1 aromatic heterocycles. The third kappa shape index (κ3) is 3.98. The maximum Gasteiger partial charge on any atom is 0.257 e. The summed E-state index contributed by atoms with van der Waals surface area (Å²) in [6.07, 6.45) is 0.248.